The third-order valence-electron chi connectivity index (χ3n) is 2.40. The first kappa shape index (κ1) is 12.7. The van der Waals surface area contributed by atoms with E-state index in [9.17, 15) is 8.78 Å². The minimum atomic E-state index is -0.471. The topological polar surface area (TPSA) is 0 Å². The van der Waals surface area contributed by atoms with E-state index in [0.29, 0.717) is 0 Å². The molecule has 2 rings (SSSR count). The summed E-state index contributed by atoms with van der Waals surface area (Å²) < 4.78 is 27.3. The average molecular weight is 362 g/mol. The van der Waals surface area contributed by atoms with Crippen LogP contribution in [0.25, 0.3) is 0 Å². The zero-order valence-electron chi connectivity index (χ0n) is 8.63. The fraction of sp³-hybridized carbons (Fsp3) is 0.0769. The van der Waals surface area contributed by atoms with E-state index in [1.807, 2.05) is 30.3 Å². The number of alkyl halides is 1. The molecule has 0 amide bonds. The zero-order valence-corrected chi connectivity index (χ0v) is 11.8. The van der Waals surface area contributed by atoms with Crippen molar-refractivity contribution in [3.05, 3.63) is 69.7 Å². The first-order chi connectivity index (χ1) is 8.09. The van der Waals surface area contributed by atoms with Crippen molar-refractivity contribution in [1.82, 2.24) is 0 Å². The predicted molar refractivity (Wildman–Crippen MR) is 71.3 cm³/mol. The Balaban J connectivity index is 2.44. The molecule has 0 bridgehead atoms. The van der Waals surface area contributed by atoms with Crippen molar-refractivity contribution in [3.63, 3.8) is 0 Å². The van der Waals surface area contributed by atoms with Crippen LogP contribution in [0.4, 0.5) is 8.78 Å². The first-order valence-electron chi connectivity index (χ1n) is 4.93. The first-order valence-corrected chi connectivity index (χ1v) is 6.64. The van der Waals surface area contributed by atoms with E-state index in [4.69, 9.17) is 0 Å². The summed E-state index contributed by atoms with van der Waals surface area (Å²) in [6, 6.07) is 11.7. The van der Waals surface area contributed by atoms with Crippen molar-refractivity contribution < 1.29 is 8.78 Å². The zero-order chi connectivity index (χ0) is 12.4. The minimum absolute atomic E-state index is 0.131. The van der Waals surface area contributed by atoms with Gasteiger partial charge in [0.1, 0.15) is 11.6 Å². The Kier molecular flexibility index (Phi) is 3.94. The molecule has 0 spiro atoms. The third-order valence-corrected chi connectivity index (χ3v) is 4.03. The molecule has 17 heavy (non-hydrogen) atoms. The molecule has 1 unspecified atom stereocenters. The van der Waals surface area contributed by atoms with Gasteiger partial charge in [0.15, 0.2) is 0 Å². The third kappa shape index (κ3) is 2.75. The lowest BCUT2D eigenvalue weighted by Gasteiger charge is -2.12. The SMILES string of the molecule is Fc1cc(C(Br)c2ccccc2)c(F)cc1Br. The molecule has 0 N–H and O–H groups in total. The Bertz CT molecular complexity index is 526. The van der Waals surface area contributed by atoms with Gasteiger partial charge in [-0.25, -0.2) is 8.78 Å². The summed E-state index contributed by atoms with van der Waals surface area (Å²) in [7, 11) is 0. The van der Waals surface area contributed by atoms with E-state index >= 15 is 0 Å². The smallest absolute Gasteiger partial charge is 0.137 e. The average Bonchev–Trinajstić information content (AvgIpc) is 2.34. The van der Waals surface area contributed by atoms with Gasteiger partial charge in [0, 0.05) is 5.56 Å². The molecule has 0 heterocycles. The van der Waals surface area contributed by atoms with E-state index in [0.717, 1.165) is 11.6 Å². The van der Waals surface area contributed by atoms with Gasteiger partial charge in [0.05, 0.1) is 9.30 Å². The van der Waals surface area contributed by atoms with Gasteiger partial charge in [0.2, 0.25) is 0 Å². The van der Waals surface area contributed by atoms with Crippen LogP contribution in [-0.4, -0.2) is 0 Å². The molecule has 0 saturated heterocycles. The van der Waals surface area contributed by atoms with Crippen LogP contribution in [0.2, 0.25) is 0 Å². The summed E-state index contributed by atoms with van der Waals surface area (Å²) in [5, 5.41) is 0. The van der Waals surface area contributed by atoms with Gasteiger partial charge in [-0.2, -0.15) is 0 Å². The molecule has 2 aromatic rings. The van der Waals surface area contributed by atoms with Gasteiger partial charge in [-0.05, 0) is 33.6 Å². The summed E-state index contributed by atoms with van der Waals surface area (Å²) in [4.78, 5) is -0.355. The molecule has 2 aromatic carbocycles. The number of hydrogen-bond donors (Lipinski definition) is 0. The van der Waals surface area contributed by atoms with Gasteiger partial charge in [-0.15, -0.1) is 0 Å². The van der Waals surface area contributed by atoms with E-state index in [1.165, 1.54) is 6.07 Å². The summed E-state index contributed by atoms with van der Waals surface area (Å²) in [5.41, 5.74) is 1.17. The molecule has 0 nitrogen and oxygen atoms in total. The van der Waals surface area contributed by atoms with Crippen LogP contribution in [0.3, 0.4) is 0 Å². The maximum absolute atomic E-state index is 13.7. The van der Waals surface area contributed by atoms with Crippen molar-refractivity contribution in [2.24, 2.45) is 0 Å². The highest BCUT2D eigenvalue weighted by atomic mass is 79.9. The van der Waals surface area contributed by atoms with Crippen LogP contribution in [-0.2, 0) is 0 Å². The molecule has 0 fully saturated rings. The maximum atomic E-state index is 13.7. The number of halogens is 4. The highest BCUT2D eigenvalue weighted by Crippen LogP contribution is 2.34. The highest BCUT2D eigenvalue weighted by Gasteiger charge is 2.17. The fourth-order valence-electron chi connectivity index (χ4n) is 1.53. The van der Waals surface area contributed by atoms with Crippen LogP contribution in [0.5, 0.6) is 0 Å². The Morgan fingerprint density at radius 3 is 2.24 bits per heavy atom. The normalized spacial score (nSPS) is 12.5. The molecule has 0 aliphatic carbocycles. The molecule has 1 atom stereocenters. The molecule has 88 valence electrons. The fourth-order valence-corrected chi connectivity index (χ4v) is 2.51. The van der Waals surface area contributed by atoms with Gasteiger partial charge < -0.3 is 0 Å². The summed E-state index contributed by atoms with van der Waals surface area (Å²) in [5.74, 6) is -0.911. The number of rotatable bonds is 2. The van der Waals surface area contributed by atoms with E-state index in [-0.39, 0.29) is 14.9 Å². The van der Waals surface area contributed by atoms with Crippen molar-refractivity contribution >= 4 is 31.9 Å². The Hall–Kier alpha value is -0.740. The maximum Gasteiger partial charge on any atom is 0.137 e. The Labute approximate surface area is 115 Å². The standard InChI is InChI=1S/C13H8Br2F2/c14-10-7-11(16)9(6-12(10)17)13(15)8-4-2-1-3-5-8/h1-7,13H. The molecule has 4 heteroatoms. The van der Waals surface area contributed by atoms with E-state index in [1.54, 1.807) is 0 Å². The highest BCUT2D eigenvalue weighted by molar-refractivity contribution is 9.10. The summed E-state index contributed by atoms with van der Waals surface area (Å²) >= 11 is 6.34. The van der Waals surface area contributed by atoms with Gasteiger partial charge >= 0.3 is 0 Å². The van der Waals surface area contributed by atoms with E-state index in [2.05, 4.69) is 31.9 Å². The minimum Gasteiger partial charge on any atom is -0.207 e. The van der Waals surface area contributed by atoms with Crippen molar-refractivity contribution in [2.45, 2.75) is 4.83 Å². The van der Waals surface area contributed by atoms with Crippen LogP contribution in [0.1, 0.15) is 16.0 Å². The lowest BCUT2D eigenvalue weighted by Crippen LogP contribution is -1.98. The Morgan fingerprint density at radius 1 is 0.941 bits per heavy atom. The molecular formula is C13H8Br2F2. The molecule has 0 aliphatic heterocycles. The molecule has 0 aromatic heterocycles. The van der Waals surface area contributed by atoms with Crippen LogP contribution in [0, 0.1) is 11.6 Å². The lowest BCUT2D eigenvalue weighted by molar-refractivity contribution is 0.583. The second-order valence-electron chi connectivity index (χ2n) is 3.56. The van der Waals surface area contributed by atoms with Gasteiger partial charge in [0.25, 0.3) is 0 Å². The van der Waals surface area contributed by atoms with Gasteiger partial charge in [-0.3, -0.25) is 0 Å². The number of hydrogen-bond acceptors (Lipinski definition) is 0. The molecule has 0 radical (unpaired) electrons. The summed E-state index contributed by atoms with van der Waals surface area (Å²) in [6.07, 6.45) is 0. The van der Waals surface area contributed by atoms with Crippen LogP contribution in [0.15, 0.2) is 46.9 Å². The van der Waals surface area contributed by atoms with Crippen molar-refractivity contribution in [3.8, 4) is 0 Å². The van der Waals surface area contributed by atoms with Crippen LogP contribution < -0.4 is 0 Å². The molecular weight excluding hydrogens is 354 g/mol. The summed E-state index contributed by atoms with van der Waals surface area (Å²) in [6.45, 7) is 0. The monoisotopic (exact) mass is 360 g/mol. The Morgan fingerprint density at radius 2 is 1.59 bits per heavy atom. The number of benzene rings is 2. The van der Waals surface area contributed by atoms with E-state index < -0.39 is 11.6 Å². The van der Waals surface area contributed by atoms with Crippen molar-refractivity contribution in [1.29, 1.82) is 0 Å². The molecule has 0 aliphatic rings. The van der Waals surface area contributed by atoms with Crippen molar-refractivity contribution in [2.75, 3.05) is 0 Å². The van der Waals surface area contributed by atoms with Crippen LogP contribution >= 0.6 is 31.9 Å². The largest absolute Gasteiger partial charge is 0.207 e. The molecule has 0 saturated carbocycles. The predicted octanol–water partition coefficient (Wildman–Crippen LogP) is 5.21. The van der Waals surface area contributed by atoms with Gasteiger partial charge in [-0.1, -0.05) is 46.3 Å². The lowest BCUT2D eigenvalue weighted by atomic mass is 10.0. The second-order valence-corrected chi connectivity index (χ2v) is 5.33. The quantitative estimate of drug-likeness (QED) is 0.508. The second kappa shape index (κ2) is 5.27.